The summed E-state index contributed by atoms with van der Waals surface area (Å²) in [6, 6.07) is -1.22. The lowest BCUT2D eigenvalue weighted by atomic mass is 9.85. The van der Waals surface area contributed by atoms with Crippen LogP contribution in [0.2, 0.25) is 0 Å². The number of halogens is 1. The zero-order valence-corrected chi connectivity index (χ0v) is 9.54. The molecule has 72 valence electrons. The molecule has 0 bridgehead atoms. The summed E-state index contributed by atoms with van der Waals surface area (Å²) in [5, 5.41) is 0. The minimum Gasteiger partial charge on any atom is -0.0561 e. The van der Waals surface area contributed by atoms with E-state index < -0.39 is 49.2 Å². The van der Waals surface area contributed by atoms with Crippen LogP contribution in [0.1, 0.15) is 52.5 Å². The van der Waals surface area contributed by atoms with Gasteiger partial charge in [0, 0.05) is 15.9 Å². The van der Waals surface area contributed by atoms with Gasteiger partial charge in [0.05, 0.1) is 2.74 Å². The Hall–Kier alpha value is -0.0500. The van der Waals surface area contributed by atoms with Crippen molar-refractivity contribution in [2.24, 2.45) is 0 Å². The first-order chi connectivity index (χ1) is 10.3. The SMILES string of the molecule is [2H]c1c(C([2H])([2H])[2H])c(I)c(C([2H])([2H])[2H])c([2H])c1C(C)(C)C([2H])([2H])[2H]. The summed E-state index contributed by atoms with van der Waals surface area (Å²) in [5.74, 6) is 0. The van der Waals surface area contributed by atoms with Gasteiger partial charge >= 0.3 is 0 Å². The summed E-state index contributed by atoms with van der Waals surface area (Å²) in [4.78, 5) is 0. The largest absolute Gasteiger partial charge is 0.0629 e. The molecule has 0 aliphatic rings. The predicted molar refractivity (Wildman–Crippen MR) is 67.3 cm³/mol. The van der Waals surface area contributed by atoms with Crippen LogP contribution in [0, 0.1) is 17.3 Å². The quantitative estimate of drug-likeness (QED) is 0.630. The van der Waals surface area contributed by atoms with Crippen LogP contribution >= 0.6 is 22.6 Å². The number of benzene rings is 1. The Labute approximate surface area is 110 Å². The molecule has 0 radical (unpaired) electrons. The van der Waals surface area contributed by atoms with E-state index in [2.05, 4.69) is 0 Å². The highest BCUT2D eigenvalue weighted by atomic mass is 127. The van der Waals surface area contributed by atoms with Gasteiger partial charge in [-0.1, -0.05) is 32.8 Å². The van der Waals surface area contributed by atoms with Crippen molar-refractivity contribution < 1.29 is 15.1 Å². The molecule has 0 saturated heterocycles. The highest BCUT2D eigenvalue weighted by molar-refractivity contribution is 14.1. The minimum absolute atomic E-state index is 0.215. The van der Waals surface area contributed by atoms with Gasteiger partial charge in [-0.3, -0.25) is 0 Å². The molecule has 13 heavy (non-hydrogen) atoms. The van der Waals surface area contributed by atoms with Crippen molar-refractivity contribution in [1.29, 1.82) is 0 Å². The van der Waals surface area contributed by atoms with Gasteiger partial charge in [0.2, 0.25) is 0 Å². The van der Waals surface area contributed by atoms with Crippen LogP contribution in [-0.2, 0) is 5.41 Å². The van der Waals surface area contributed by atoms with Gasteiger partial charge < -0.3 is 0 Å². The van der Waals surface area contributed by atoms with E-state index in [1.165, 1.54) is 36.4 Å². The monoisotopic (exact) mass is 299 g/mol. The number of rotatable bonds is 0. The smallest absolute Gasteiger partial charge is 0.0561 e. The van der Waals surface area contributed by atoms with Crippen molar-refractivity contribution in [1.82, 2.24) is 0 Å². The molecule has 0 unspecified atom stereocenters. The van der Waals surface area contributed by atoms with E-state index in [9.17, 15) is 0 Å². The molecule has 0 fully saturated rings. The lowest BCUT2D eigenvalue weighted by Crippen LogP contribution is -2.12. The molecule has 0 saturated carbocycles. The standard InChI is InChI=1S/C12H17I/c1-8-6-10(12(3,4)5)7-9(2)11(8)13/h6-7H,1-5H3/i1D3,2D3,3D3,6D,7D. The molecule has 0 heterocycles. The molecule has 0 nitrogen and oxygen atoms in total. The molecule has 0 atom stereocenters. The topological polar surface area (TPSA) is 0 Å². The third-order valence-electron chi connectivity index (χ3n) is 1.56. The van der Waals surface area contributed by atoms with Crippen LogP contribution in [0.5, 0.6) is 0 Å². The lowest BCUT2D eigenvalue weighted by Gasteiger charge is -2.21. The normalized spacial score (nSPS) is 27.2. The zero-order valence-electron chi connectivity index (χ0n) is 18.4. The Balaban J connectivity index is 4.14. The predicted octanol–water partition coefficient (Wildman–Crippen LogP) is 4.21. The Bertz CT molecular complexity index is 608. The van der Waals surface area contributed by atoms with Crippen LogP contribution in [-0.4, -0.2) is 0 Å². The first-order valence-corrected chi connectivity index (χ1v) is 4.77. The first-order valence-electron chi connectivity index (χ1n) is 9.19. The maximum absolute atomic E-state index is 8.20. The molecule has 1 heteroatoms. The van der Waals surface area contributed by atoms with Crippen molar-refractivity contribution >= 4 is 22.6 Å². The Morgan fingerprint density at radius 1 is 1.31 bits per heavy atom. The Morgan fingerprint density at radius 2 is 1.85 bits per heavy atom. The van der Waals surface area contributed by atoms with Crippen LogP contribution in [0.3, 0.4) is 0 Å². The highest BCUT2D eigenvalue weighted by Crippen LogP contribution is 2.27. The van der Waals surface area contributed by atoms with Gasteiger partial charge in [-0.25, -0.2) is 0 Å². The van der Waals surface area contributed by atoms with E-state index in [0.29, 0.717) is 0 Å². The van der Waals surface area contributed by atoms with Crippen LogP contribution in [0.25, 0.3) is 0 Å². The molecule has 1 aromatic rings. The Kier molecular flexibility index (Phi) is 0.893. The second kappa shape index (κ2) is 3.60. The van der Waals surface area contributed by atoms with E-state index >= 15 is 0 Å². The summed E-state index contributed by atoms with van der Waals surface area (Å²) in [6.07, 6.45) is 0. The van der Waals surface area contributed by atoms with Gasteiger partial charge in [-0.05, 0) is 58.4 Å². The first kappa shape index (κ1) is 3.22. The van der Waals surface area contributed by atoms with E-state index in [1.54, 1.807) is 0 Å². The minimum atomic E-state index is -2.80. The van der Waals surface area contributed by atoms with Gasteiger partial charge in [0.1, 0.15) is 0 Å². The second-order valence-electron chi connectivity index (χ2n) is 3.31. The lowest BCUT2D eigenvalue weighted by molar-refractivity contribution is 0.589. The summed E-state index contributed by atoms with van der Waals surface area (Å²) in [5.41, 5.74) is -3.21. The summed E-state index contributed by atoms with van der Waals surface area (Å²) >= 11 is 1.51. The van der Waals surface area contributed by atoms with Gasteiger partial charge in [-0.2, -0.15) is 0 Å². The van der Waals surface area contributed by atoms with E-state index in [0.717, 1.165) is 0 Å². The van der Waals surface area contributed by atoms with Crippen molar-refractivity contribution in [3.05, 3.63) is 32.3 Å². The van der Waals surface area contributed by atoms with E-state index in [-0.39, 0.29) is 9.13 Å². The molecule has 0 N–H and O–H groups in total. The van der Waals surface area contributed by atoms with E-state index in [1.807, 2.05) is 0 Å². The average molecular weight is 299 g/mol. The summed E-state index contributed by atoms with van der Waals surface area (Å²) < 4.78 is 84.8. The van der Waals surface area contributed by atoms with Gasteiger partial charge in [-0.15, -0.1) is 0 Å². The Morgan fingerprint density at radius 3 is 2.23 bits per heavy atom. The third-order valence-corrected chi connectivity index (χ3v) is 2.64. The fourth-order valence-corrected chi connectivity index (χ4v) is 1.10. The zero-order chi connectivity index (χ0) is 19.5. The molecule has 1 aromatic carbocycles. The maximum Gasteiger partial charge on any atom is 0.0629 e. The van der Waals surface area contributed by atoms with Crippen LogP contribution < -0.4 is 0 Å². The van der Waals surface area contributed by atoms with Crippen LogP contribution in [0.4, 0.5) is 0 Å². The molecule has 0 aromatic heterocycles. The molecule has 0 aliphatic carbocycles. The van der Waals surface area contributed by atoms with Crippen molar-refractivity contribution in [2.75, 3.05) is 0 Å². The molecule has 0 spiro atoms. The summed E-state index contributed by atoms with van der Waals surface area (Å²) in [6.45, 7) is -5.75. The maximum atomic E-state index is 8.20. The fourth-order valence-electron chi connectivity index (χ4n) is 0.828. The van der Waals surface area contributed by atoms with Crippen LogP contribution in [0.15, 0.2) is 12.1 Å². The third kappa shape index (κ3) is 2.46. The number of hydrogen-bond acceptors (Lipinski definition) is 0. The number of hydrogen-bond donors (Lipinski definition) is 0. The van der Waals surface area contributed by atoms with Gasteiger partial charge in [0.25, 0.3) is 0 Å². The average Bonchev–Trinajstić information content (AvgIpc) is 2.21. The van der Waals surface area contributed by atoms with E-state index in [4.69, 9.17) is 15.1 Å². The van der Waals surface area contributed by atoms with Gasteiger partial charge in [0.15, 0.2) is 0 Å². The molecule has 0 amide bonds. The van der Waals surface area contributed by atoms with Crippen molar-refractivity contribution in [2.45, 2.75) is 39.8 Å². The fraction of sp³-hybridized carbons (Fsp3) is 0.500. The second-order valence-corrected chi connectivity index (χ2v) is 4.39. The van der Waals surface area contributed by atoms with Crippen molar-refractivity contribution in [3.8, 4) is 0 Å². The summed E-state index contributed by atoms with van der Waals surface area (Å²) in [7, 11) is 0. The highest BCUT2D eigenvalue weighted by Gasteiger charge is 2.15. The molecular weight excluding hydrogens is 271 g/mol. The molecule has 1 rings (SSSR count). The molecule has 0 aliphatic heterocycles. The van der Waals surface area contributed by atoms with Crippen molar-refractivity contribution in [3.63, 3.8) is 0 Å². The molecular formula is C12H17I.